The number of rotatable bonds is 4. The molecule has 112 valence electrons. The molecule has 0 unspecified atom stereocenters. The van der Waals surface area contributed by atoms with Gasteiger partial charge in [-0.05, 0) is 45.4 Å². The molecule has 0 aliphatic heterocycles. The molecule has 0 spiro atoms. The first-order chi connectivity index (χ1) is 9.93. The van der Waals surface area contributed by atoms with Crippen molar-refractivity contribution in [2.24, 2.45) is 0 Å². The highest BCUT2D eigenvalue weighted by molar-refractivity contribution is 5.82. The minimum Gasteiger partial charge on any atom is -0.479 e. The number of hydrogen-bond donors (Lipinski definition) is 0. The quantitative estimate of drug-likeness (QED) is 0.640. The maximum absolute atomic E-state index is 11.7. The smallest absolute Gasteiger partial charge is 0.347 e. The molecule has 5 nitrogen and oxygen atoms in total. The fraction of sp³-hybridized carbons (Fsp3) is 0.375. The molecule has 0 radical (unpaired) electrons. The molecule has 0 aliphatic carbocycles. The van der Waals surface area contributed by atoms with Gasteiger partial charge in [0.05, 0.1) is 6.61 Å². The van der Waals surface area contributed by atoms with Crippen molar-refractivity contribution in [1.29, 1.82) is 0 Å². The van der Waals surface area contributed by atoms with Gasteiger partial charge in [0.2, 0.25) is 0 Å². The first-order valence-electron chi connectivity index (χ1n) is 6.81. The highest BCUT2D eigenvalue weighted by Gasteiger charge is 2.16. The van der Waals surface area contributed by atoms with E-state index in [1.165, 1.54) is 0 Å². The Balaban J connectivity index is 2.33. The van der Waals surface area contributed by atoms with Crippen LogP contribution < -0.4 is 10.4 Å². The van der Waals surface area contributed by atoms with Crippen LogP contribution in [-0.2, 0) is 9.53 Å². The average molecular weight is 290 g/mol. The first-order valence-corrected chi connectivity index (χ1v) is 6.81. The summed E-state index contributed by atoms with van der Waals surface area (Å²) in [4.78, 5) is 23.2. The van der Waals surface area contributed by atoms with Gasteiger partial charge >= 0.3 is 11.6 Å². The summed E-state index contributed by atoms with van der Waals surface area (Å²) in [6.45, 7) is 7.25. The summed E-state index contributed by atoms with van der Waals surface area (Å²) in [6.07, 6.45) is -0.722. The average Bonchev–Trinajstić information content (AvgIpc) is 2.45. The summed E-state index contributed by atoms with van der Waals surface area (Å²) in [7, 11) is 0. The van der Waals surface area contributed by atoms with Crippen LogP contribution in [0.25, 0.3) is 11.0 Å². The second kappa shape index (κ2) is 5.99. The molecule has 0 aliphatic rings. The molecule has 2 rings (SSSR count). The molecule has 1 atom stereocenters. The maximum Gasteiger partial charge on any atom is 0.347 e. The number of esters is 1. The zero-order valence-electron chi connectivity index (χ0n) is 12.6. The third-order valence-corrected chi connectivity index (χ3v) is 3.36. The van der Waals surface area contributed by atoms with Crippen LogP contribution in [0.5, 0.6) is 5.75 Å². The second-order valence-corrected chi connectivity index (χ2v) is 4.81. The van der Waals surface area contributed by atoms with Gasteiger partial charge in [0.15, 0.2) is 6.10 Å². The van der Waals surface area contributed by atoms with Gasteiger partial charge in [0.25, 0.3) is 0 Å². The van der Waals surface area contributed by atoms with Crippen molar-refractivity contribution >= 4 is 16.9 Å². The predicted octanol–water partition coefficient (Wildman–Crippen LogP) is 2.74. The third kappa shape index (κ3) is 3.07. The van der Waals surface area contributed by atoms with E-state index in [0.29, 0.717) is 23.5 Å². The highest BCUT2D eigenvalue weighted by atomic mass is 16.6. The summed E-state index contributed by atoms with van der Waals surface area (Å²) in [5.41, 5.74) is 1.55. The van der Waals surface area contributed by atoms with Crippen molar-refractivity contribution < 1.29 is 18.7 Å². The number of hydrogen-bond acceptors (Lipinski definition) is 5. The molecular formula is C16H18O5. The summed E-state index contributed by atoms with van der Waals surface area (Å²) >= 11 is 0. The first kappa shape index (κ1) is 15.1. The van der Waals surface area contributed by atoms with E-state index in [4.69, 9.17) is 13.9 Å². The normalized spacial score (nSPS) is 12.2. The van der Waals surface area contributed by atoms with Crippen LogP contribution in [0.2, 0.25) is 0 Å². The molecule has 1 heterocycles. The van der Waals surface area contributed by atoms with Gasteiger partial charge in [-0.15, -0.1) is 0 Å². The van der Waals surface area contributed by atoms with E-state index < -0.39 is 12.1 Å². The summed E-state index contributed by atoms with van der Waals surface area (Å²) in [5, 5.41) is 0.850. The molecule has 1 aromatic heterocycles. The molecule has 1 aromatic carbocycles. The van der Waals surface area contributed by atoms with Crippen LogP contribution >= 0.6 is 0 Å². The fourth-order valence-electron chi connectivity index (χ4n) is 2.01. The Morgan fingerprint density at radius 2 is 2.00 bits per heavy atom. The van der Waals surface area contributed by atoms with Crippen LogP contribution in [-0.4, -0.2) is 18.7 Å². The van der Waals surface area contributed by atoms with Crippen molar-refractivity contribution in [1.82, 2.24) is 0 Å². The lowest BCUT2D eigenvalue weighted by Crippen LogP contribution is -2.26. The molecule has 0 saturated carbocycles. The van der Waals surface area contributed by atoms with E-state index in [-0.39, 0.29) is 5.63 Å². The second-order valence-electron chi connectivity index (χ2n) is 4.81. The summed E-state index contributed by atoms with van der Waals surface area (Å²) in [5.74, 6) is 0.0218. The number of carbonyl (C=O) groups excluding carboxylic acids is 1. The zero-order chi connectivity index (χ0) is 15.6. The Morgan fingerprint density at radius 1 is 1.29 bits per heavy atom. The molecule has 0 bridgehead atoms. The molecule has 21 heavy (non-hydrogen) atoms. The zero-order valence-corrected chi connectivity index (χ0v) is 12.6. The summed E-state index contributed by atoms with van der Waals surface area (Å²) in [6, 6.07) is 5.16. The largest absolute Gasteiger partial charge is 0.479 e. The molecule has 0 N–H and O–H groups in total. The predicted molar refractivity (Wildman–Crippen MR) is 78.7 cm³/mol. The van der Waals surface area contributed by atoms with Crippen LogP contribution in [0.1, 0.15) is 25.0 Å². The molecule has 2 aromatic rings. The van der Waals surface area contributed by atoms with Gasteiger partial charge in [-0.1, -0.05) is 0 Å². The Bertz CT molecular complexity index is 729. The Morgan fingerprint density at radius 3 is 2.67 bits per heavy atom. The van der Waals surface area contributed by atoms with E-state index in [2.05, 4.69) is 0 Å². The Kier molecular flexibility index (Phi) is 4.31. The number of fused-ring (bicyclic) bond motifs is 1. The number of carbonyl (C=O) groups is 1. The summed E-state index contributed by atoms with van der Waals surface area (Å²) < 4.78 is 15.6. The minimum atomic E-state index is -0.722. The van der Waals surface area contributed by atoms with E-state index in [1.807, 2.05) is 13.0 Å². The standard InChI is InChI=1S/C16H18O5/c1-5-19-16(18)11(4)20-12-6-7-13-9(2)10(3)15(17)21-14(13)8-12/h6-8,11H,5H2,1-4H3/t11-/m1/s1. The van der Waals surface area contributed by atoms with Crippen LogP contribution in [0, 0.1) is 13.8 Å². The molecular weight excluding hydrogens is 272 g/mol. The van der Waals surface area contributed by atoms with Gasteiger partial charge < -0.3 is 13.9 Å². The molecule has 0 amide bonds. The Hall–Kier alpha value is -2.30. The number of aryl methyl sites for hydroxylation is 1. The van der Waals surface area contributed by atoms with Crippen molar-refractivity contribution in [3.63, 3.8) is 0 Å². The lowest BCUT2D eigenvalue weighted by molar-refractivity contribution is -0.150. The number of ether oxygens (including phenoxy) is 2. The lowest BCUT2D eigenvalue weighted by Gasteiger charge is -2.14. The third-order valence-electron chi connectivity index (χ3n) is 3.36. The molecule has 0 saturated heterocycles. The van der Waals surface area contributed by atoms with Gasteiger partial charge in [-0.3, -0.25) is 0 Å². The fourth-order valence-corrected chi connectivity index (χ4v) is 2.01. The van der Waals surface area contributed by atoms with Crippen molar-refractivity contribution in [3.8, 4) is 5.75 Å². The SMILES string of the molecule is CCOC(=O)[C@@H](C)Oc1ccc2c(C)c(C)c(=O)oc2c1. The van der Waals surface area contributed by atoms with Crippen LogP contribution in [0.3, 0.4) is 0 Å². The van der Waals surface area contributed by atoms with Crippen LogP contribution in [0.15, 0.2) is 27.4 Å². The number of benzene rings is 1. The molecule has 0 fully saturated rings. The lowest BCUT2D eigenvalue weighted by atomic mass is 10.1. The Labute approximate surface area is 122 Å². The van der Waals surface area contributed by atoms with Crippen molar-refractivity contribution in [2.75, 3.05) is 6.61 Å². The topological polar surface area (TPSA) is 65.7 Å². The van der Waals surface area contributed by atoms with Crippen molar-refractivity contribution in [3.05, 3.63) is 39.7 Å². The van der Waals surface area contributed by atoms with E-state index in [1.54, 1.807) is 32.9 Å². The van der Waals surface area contributed by atoms with Gasteiger partial charge in [-0.25, -0.2) is 9.59 Å². The highest BCUT2D eigenvalue weighted by Crippen LogP contribution is 2.24. The van der Waals surface area contributed by atoms with E-state index in [0.717, 1.165) is 10.9 Å². The monoisotopic (exact) mass is 290 g/mol. The minimum absolute atomic E-state index is 0.303. The van der Waals surface area contributed by atoms with Gasteiger partial charge in [0, 0.05) is 17.0 Å². The van der Waals surface area contributed by atoms with Gasteiger partial charge in [0.1, 0.15) is 11.3 Å². The van der Waals surface area contributed by atoms with Crippen molar-refractivity contribution in [2.45, 2.75) is 33.8 Å². The van der Waals surface area contributed by atoms with Crippen LogP contribution in [0.4, 0.5) is 0 Å². The van der Waals surface area contributed by atoms with E-state index in [9.17, 15) is 9.59 Å². The maximum atomic E-state index is 11.7. The molecule has 5 heteroatoms. The van der Waals surface area contributed by atoms with E-state index >= 15 is 0 Å². The van der Waals surface area contributed by atoms with Gasteiger partial charge in [-0.2, -0.15) is 0 Å².